The summed E-state index contributed by atoms with van der Waals surface area (Å²) < 4.78 is 0. The quantitative estimate of drug-likeness (QED) is 0.0836. The minimum Gasteiger partial charge on any atom is -0.677 e. The first-order valence-corrected chi connectivity index (χ1v) is 23.1. The van der Waals surface area contributed by atoms with Crippen molar-refractivity contribution in [3.05, 3.63) is 135 Å². The monoisotopic (exact) mass is 734 g/mol. The summed E-state index contributed by atoms with van der Waals surface area (Å²) in [7, 11) is 5.46. The van der Waals surface area contributed by atoms with E-state index in [0.29, 0.717) is 0 Å². The molecule has 3 rings (SSSR count). The second-order valence-corrected chi connectivity index (χ2v) is 23.0. The van der Waals surface area contributed by atoms with Crippen LogP contribution in [0.15, 0.2) is 91.0 Å². The molecule has 0 aromatic heterocycles. The molecule has 0 saturated heterocycles. The summed E-state index contributed by atoms with van der Waals surface area (Å²) in [5, 5.41) is 9.59. The first-order chi connectivity index (χ1) is 21.2. The molecule has 0 saturated carbocycles. The Kier molecular flexibility index (Phi) is 24.3. The molecule has 0 heterocycles. The largest absolute Gasteiger partial charge is 0.677 e. The molecule has 0 aliphatic rings. The van der Waals surface area contributed by atoms with Crippen LogP contribution in [-0.4, -0.2) is 80.6 Å². The zero-order chi connectivity index (χ0) is 33.7. The molecule has 0 amide bonds. The van der Waals surface area contributed by atoms with Gasteiger partial charge in [0.2, 0.25) is 0 Å². The van der Waals surface area contributed by atoms with Gasteiger partial charge < -0.3 is 30.4 Å². The Balaban J connectivity index is 0.000000714. The van der Waals surface area contributed by atoms with Gasteiger partial charge in [-0.25, -0.2) is 12.3 Å². The van der Waals surface area contributed by atoms with Crippen molar-refractivity contribution in [2.24, 2.45) is 0 Å². The molecule has 6 nitrogen and oxygen atoms in total. The first-order valence-electron chi connectivity index (χ1n) is 16.2. The van der Waals surface area contributed by atoms with Gasteiger partial charge in [-0.05, 0) is 41.3 Å². The van der Waals surface area contributed by atoms with Crippen LogP contribution < -0.4 is 0 Å². The van der Waals surface area contributed by atoms with Gasteiger partial charge in [-0.2, -0.15) is 24.6 Å². The van der Waals surface area contributed by atoms with Crippen molar-refractivity contribution >= 4 is 16.5 Å². The molecule has 2 atom stereocenters. The number of rotatable bonds is 16. The van der Waals surface area contributed by atoms with Gasteiger partial charge in [0.05, 0.1) is 0 Å². The van der Waals surface area contributed by atoms with Crippen molar-refractivity contribution in [1.29, 1.82) is 0 Å². The van der Waals surface area contributed by atoms with Crippen LogP contribution in [0.5, 0.6) is 0 Å². The average molecular weight is 735 g/mol. The van der Waals surface area contributed by atoms with E-state index in [4.69, 9.17) is 20.6 Å². The van der Waals surface area contributed by atoms with Crippen molar-refractivity contribution in [3.63, 3.8) is 0 Å². The Morgan fingerprint density at radius 2 is 0.848 bits per heavy atom. The fraction of sp³-hybridized carbons (Fsp3) is 0.486. The summed E-state index contributed by atoms with van der Waals surface area (Å²) in [6.45, 7) is 21.2. The third kappa shape index (κ3) is 24.9. The third-order valence-electron chi connectivity index (χ3n) is 6.19. The van der Waals surface area contributed by atoms with Crippen LogP contribution in [0.2, 0.25) is 39.3 Å². The van der Waals surface area contributed by atoms with E-state index in [2.05, 4.69) is 133 Å². The van der Waals surface area contributed by atoms with Crippen LogP contribution in [0, 0.1) is 6.92 Å². The molecule has 46 heavy (non-hydrogen) atoms. The van der Waals surface area contributed by atoms with E-state index in [1.54, 1.807) is 0 Å². The van der Waals surface area contributed by atoms with Crippen LogP contribution in [-0.2, 0) is 32.7 Å². The summed E-state index contributed by atoms with van der Waals surface area (Å²) in [5.41, 5.74) is 3.51. The molecule has 2 unspecified atom stereocenters. The van der Waals surface area contributed by atoms with Crippen LogP contribution in [0.3, 0.4) is 0 Å². The first kappa shape index (κ1) is 44.8. The maximum atomic E-state index is 4.95. The molecule has 1 radical (unpaired) electrons. The van der Waals surface area contributed by atoms with Crippen molar-refractivity contribution in [1.82, 2.24) is 9.80 Å². The predicted molar refractivity (Wildman–Crippen MR) is 205 cm³/mol. The second-order valence-electron chi connectivity index (χ2n) is 13.8. The maximum Gasteiger partial charge on any atom is 0 e. The Hall–Kier alpha value is -1.17. The zero-order valence-corrected chi connectivity index (χ0v) is 35.4. The Bertz CT molecular complexity index is 1040. The number of benzene rings is 3. The molecule has 255 valence electrons. The van der Waals surface area contributed by atoms with Crippen LogP contribution in [0.25, 0.3) is 20.6 Å². The molecule has 0 aliphatic heterocycles. The van der Waals surface area contributed by atoms with E-state index in [1.807, 2.05) is 42.5 Å². The van der Waals surface area contributed by atoms with Crippen molar-refractivity contribution < 1.29 is 32.7 Å². The minimum atomic E-state index is -1.46. The van der Waals surface area contributed by atoms with Gasteiger partial charge in [0, 0.05) is 32.7 Å². The zero-order valence-electron chi connectivity index (χ0n) is 30.5. The third-order valence-corrected chi connectivity index (χ3v) is 8.23. The van der Waals surface area contributed by atoms with Crippen LogP contribution in [0.4, 0.5) is 0 Å². The molecule has 9 heteroatoms. The average Bonchev–Trinajstić information content (AvgIpc) is 2.97. The molecular weight excluding hydrogens is 674 g/mol. The topological polar surface area (TPSA) is 62.9 Å². The summed E-state index contributed by atoms with van der Waals surface area (Å²) >= 11 is 0. The number of hydrogen-bond acceptors (Lipinski definition) is 2. The second kappa shape index (κ2) is 24.9. The van der Waals surface area contributed by atoms with Crippen LogP contribution in [0.1, 0.15) is 41.9 Å². The van der Waals surface area contributed by atoms with Crippen LogP contribution >= 0.6 is 0 Å². The van der Waals surface area contributed by atoms with Gasteiger partial charge in [-0.3, -0.25) is 0 Å². The Labute approximate surface area is 311 Å². The van der Waals surface area contributed by atoms with Crippen molar-refractivity contribution in [2.45, 2.75) is 64.5 Å². The van der Waals surface area contributed by atoms with Crippen molar-refractivity contribution in [3.8, 4) is 0 Å². The molecule has 3 aromatic rings. The van der Waals surface area contributed by atoms with Crippen molar-refractivity contribution in [2.75, 3.05) is 54.4 Å². The van der Waals surface area contributed by atoms with Gasteiger partial charge >= 0.3 is 0 Å². The standard InChI is InChI=1S/2C15H27N3Si.C7H7.Y/c2*1-18(2)13-9-12-16-15(17-19(3,4)5)14-10-7-6-8-11-14;1-7-5-3-2-4-6-7;/h2*6-8,10-11,15H,9,12-13H2,1-5H3;2-6H,1H2;/q2*-2;-1;. The van der Waals surface area contributed by atoms with Gasteiger partial charge in [0.1, 0.15) is 0 Å². The Morgan fingerprint density at radius 3 is 1.09 bits per heavy atom. The normalized spacial score (nSPS) is 12.7. The predicted octanol–water partition coefficient (Wildman–Crippen LogP) is 10.3. The maximum absolute atomic E-state index is 4.95. The summed E-state index contributed by atoms with van der Waals surface area (Å²) in [6, 6.07) is 30.7. The molecule has 0 bridgehead atoms. The van der Waals surface area contributed by atoms with E-state index in [1.165, 1.54) is 11.1 Å². The Morgan fingerprint density at radius 1 is 0.543 bits per heavy atom. The van der Waals surface area contributed by atoms with Gasteiger partial charge in [-0.1, -0.05) is 146 Å². The van der Waals surface area contributed by atoms with E-state index in [0.717, 1.165) is 44.6 Å². The fourth-order valence-corrected chi connectivity index (χ4v) is 6.03. The smallest absolute Gasteiger partial charge is 0 e. The van der Waals surface area contributed by atoms with E-state index >= 15 is 0 Å². The van der Waals surface area contributed by atoms with E-state index in [9.17, 15) is 0 Å². The van der Waals surface area contributed by atoms with Gasteiger partial charge in [-0.15, -0.1) is 25.2 Å². The van der Waals surface area contributed by atoms with E-state index in [-0.39, 0.29) is 45.0 Å². The van der Waals surface area contributed by atoms with Gasteiger partial charge in [0.15, 0.2) is 0 Å². The summed E-state index contributed by atoms with van der Waals surface area (Å²) in [4.78, 5) is 14.3. The molecule has 0 spiro atoms. The SMILES string of the molecule is CN(C)CCC[N-]C([N-][Si](C)(C)C)c1ccccc1.CN(C)CCC[N-]C([N-][Si](C)(C)C)c1ccccc1.[CH2-]c1ccccc1.[Y]. The minimum absolute atomic E-state index is 0. The molecular formula is C37H61N6Si2Y-5. The summed E-state index contributed by atoms with van der Waals surface area (Å²) in [5.74, 6) is 0. The number of nitrogens with zero attached hydrogens (tertiary/aromatic N) is 6. The van der Waals surface area contributed by atoms with Gasteiger partial charge in [0.25, 0.3) is 0 Å². The van der Waals surface area contributed by atoms with E-state index < -0.39 is 16.5 Å². The fourth-order valence-electron chi connectivity index (χ4n) is 4.10. The molecule has 3 aromatic carbocycles. The number of hydrogen-bond donors (Lipinski definition) is 0. The summed E-state index contributed by atoms with van der Waals surface area (Å²) in [6.07, 6.45) is 2.24. The molecule has 0 fully saturated rings. The molecule has 0 N–H and O–H groups in total. The molecule has 0 aliphatic carbocycles.